The summed E-state index contributed by atoms with van der Waals surface area (Å²) < 4.78 is 23.6. The molecular weight excluding hydrogens is 617 g/mol. The monoisotopic (exact) mass is 655 g/mol. The predicted molar refractivity (Wildman–Crippen MR) is 151 cm³/mol. The first-order valence-corrected chi connectivity index (χ1v) is 13.9. The van der Waals surface area contributed by atoms with Gasteiger partial charge in [-0.2, -0.15) is 0 Å². The van der Waals surface area contributed by atoms with Crippen LogP contribution in [0, 0.1) is 0 Å². The van der Waals surface area contributed by atoms with E-state index in [9.17, 15) is 5.11 Å². The van der Waals surface area contributed by atoms with Crippen molar-refractivity contribution in [2.75, 3.05) is 33.7 Å². The quantitative estimate of drug-likeness (QED) is 0.348. The molecule has 212 valence electrons. The Morgan fingerprint density at radius 1 is 1.05 bits per heavy atom. The predicted octanol–water partition coefficient (Wildman–Crippen LogP) is 1.25. The number of halogens is 1. The van der Waals surface area contributed by atoms with E-state index in [1.165, 1.54) is 44.0 Å². The number of fused-ring (bicyclic) bond motifs is 5. The first kappa shape index (κ1) is 28.9. The summed E-state index contributed by atoms with van der Waals surface area (Å²) in [5.74, 6) is 2.45. The van der Waals surface area contributed by atoms with Gasteiger partial charge in [0.25, 0.3) is 0 Å². The van der Waals surface area contributed by atoms with Gasteiger partial charge in [-0.1, -0.05) is 51.1 Å². The number of benzene rings is 2. The molecule has 2 aromatic rings. The first-order valence-electron chi connectivity index (χ1n) is 13.9. The first-order chi connectivity index (χ1) is 18.9. The van der Waals surface area contributed by atoms with Gasteiger partial charge in [-0.25, -0.2) is 0 Å². The molecule has 3 aliphatic heterocycles. The summed E-state index contributed by atoms with van der Waals surface area (Å²) in [5.41, 5.74) is 10.2. The Bertz CT molecular complexity index is 1400. The molecule has 0 amide bonds. The van der Waals surface area contributed by atoms with E-state index in [1.54, 1.807) is 7.11 Å². The fourth-order valence-corrected chi connectivity index (χ4v) is 6.01. The van der Waals surface area contributed by atoms with Crippen molar-refractivity contribution >= 4 is 5.70 Å². The van der Waals surface area contributed by atoms with Crippen LogP contribution in [0.3, 0.4) is 0 Å². The Morgan fingerprint density at radius 2 is 1.80 bits per heavy atom. The maximum Gasteiger partial charge on any atom is 0.231 e. The highest BCUT2D eigenvalue weighted by atomic mass is 127. The minimum absolute atomic E-state index is 0. The molecule has 0 fully saturated rings. The van der Waals surface area contributed by atoms with E-state index >= 15 is 0 Å². The maximum atomic E-state index is 9.36. The van der Waals surface area contributed by atoms with E-state index in [2.05, 4.69) is 69.4 Å². The number of quaternary nitrogens is 1. The van der Waals surface area contributed by atoms with Crippen molar-refractivity contribution in [1.29, 1.82) is 0 Å². The lowest BCUT2D eigenvalue weighted by Crippen LogP contribution is -3.06. The van der Waals surface area contributed by atoms with Gasteiger partial charge in [0.2, 0.25) is 6.79 Å². The number of ether oxygens (including phenoxy) is 4. The van der Waals surface area contributed by atoms with Gasteiger partial charge in [0.05, 0.1) is 20.3 Å². The molecule has 0 radical (unpaired) electrons. The van der Waals surface area contributed by atoms with Crippen LogP contribution in [0.25, 0.3) is 5.70 Å². The van der Waals surface area contributed by atoms with Crippen molar-refractivity contribution in [2.45, 2.75) is 51.6 Å². The van der Waals surface area contributed by atoms with Crippen LogP contribution < -0.4 is 38.4 Å². The standard InChI is InChI=1S/C33H37NO5.HI/c1-33(2,3)23-8-6-21(7-9-23)16-26-24-10-11-28(36-4)32(37-15-5-14-35)27(24)19-34-13-12-22-17-29-30(39-20-38-29)18-25(22)31(26)34;/h6-11,17-19,32,35H,5,12-16,20H2,1-4H3;1H. The summed E-state index contributed by atoms with van der Waals surface area (Å²) in [6.07, 6.45) is 8.58. The third kappa shape index (κ3) is 5.36. The smallest absolute Gasteiger partial charge is 0.231 e. The molecular formula is C33H38INO5. The minimum atomic E-state index is -0.299. The van der Waals surface area contributed by atoms with Gasteiger partial charge in [-0.05, 0) is 52.3 Å². The second-order valence-electron chi connectivity index (χ2n) is 11.6. The molecule has 0 aromatic heterocycles. The lowest BCUT2D eigenvalue weighted by Gasteiger charge is -2.36. The second kappa shape index (κ2) is 11.7. The molecule has 0 bridgehead atoms. The van der Waals surface area contributed by atoms with Gasteiger partial charge in [-0.3, -0.25) is 4.90 Å². The van der Waals surface area contributed by atoms with Crippen molar-refractivity contribution in [1.82, 2.24) is 0 Å². The summed E-state index contributed by atoms with van der Waals surface area (Å²) in [6, 6.07) is 13.4. The Hall–Kier alpha value is -2.59. The van der Waals surface area contributed by atoms with E-state index in [0.29, 0.717) is 13.0 Å². The third-order valence-electron chi connectivity index (χ3n) is 8.10. The van der Waals surface area contributed by atoms with E-state index in [1.807, 2.05) is 6.08 Å². The molecule has 4 aliphatic rings. The lowest BCUT2D eigenvalue weighted by molar-refractivity contribution is -0.771. The summed E-state index contributed by atoms with van der Waals surface area (Å²) in [6.45, 7) is 8.53. The number of aliphatic hydroxyl groups excluding tert-OH is 1. The van der Waals surface area contributed by atoms with Crippen LogP contribution in [0.1, 0.15) is 49.4 Å². The van der Waals surface area contributed by atoms with E-state index < -0.39 is 0 Å². The number of methoxy groups -OCH3 is 1. The van der Waals surface area contributed by atoms with Crippen molar-refractivity contribution in [3.8, 4) is 11.5 Å². The molecule has 7 heteroatoms. The molecule has 40 heavy (non-hydrogen) atoms. The minimum Gasteiger partial charge on any atom is -1.00 e. The van der Waals surface area contributed by atoms with Crippen LogP contribution in [0.5, 0.6) is 11.5 Å². The van der Waals surface area contributed by atoms with Crippen LogP contribution in [-0.2, 0) is 27.7 Å². The molecule has 2 atom stereocenters. The molecule has 2 aromatic carbocycles. The number of hydrogen-bond acceptors (Lipinski definition) is 5. The molecule has 6 nitrogen and oxygen atoms in total. The second-order valence-corrected chi connectivity index (χ2v) is 11.6. The molecule has 6 rings (SSSR count). The third-order valence-corrected chi connectivity index (χ3v) is 8.10. The zero-order valence-electron chi connectivity index (χ0n) is 23.7. The SMILES string of the molecule is COC1=CC=C2C(=C[NH+]3CCc4cc5c(cc4C3=C2Cc2ccc(C(C)(C)C)cc2)OCO5)C1OCCCO.[I-]. The number of allylic oxidation sites excluding steroid dienone is 3. The number of nitrogens with one attached hydrogen (secondary N) is 1. The number of rotatable bonds is 7. The van der Waals surface area contributed by atoms with Crippen LogP contribution in [-0.4, -0.2) is 44.9 Å². The fourth-order valence-electron chi connectivity index (χ4n) is 6.01. The van der Waals surface area contributed by atoms with Gasteiger partial charge in [0.1, 0.15) is 23.8 Å². The molecule has 0 saturated heterocycles. The van der Waals surface area contributed by atoms with E-state index in [-0.39, 0.29) is 48.9 Å². The topological polar surface area (TPSA) is 61.6 Å². The summed E-state index contributed by atoms with van der Waals surface area (Å²) in [4.78, 5) is 1.32. The van der Waals surface area contributed by atoms with Crippen molar-refractivity contribution in [2.24, 2.45) is 0 Å². The largest absolute Gasteiger partial charge is 1.00 e. The van der Waals surface area contributed by atoms with Crippen molar-refractivity contribution in [3.05, 3.63) is 99.5 Å². The Balaban J connectivity index is 0.00000323. The zero-order chi connectivity index (χ0) is 27.1. The van der Waals surface area contributed by atoms with Crippen LogP contribution in [0.4, 0.5) is 0 Å². The summed E-state index contributed by atoms with van der Waals surface area (Å²) in [7, 11) is 1.70. The number of hydrogen-bond donors (Lipinski definition) is 2. The number of aliphatic hydroxyl groups is 1. The van der Waals surface area contributed by atoms with Crippen LogP contribution in [0.15, 0.2) is 77.2 Å². The molecule has 0 saturated carbocycles. The van der Waals surface area contributed by atoms with Crippen molar-refractivity contribution < 1.29 is 52.9 Å². The highest BCUT2D eigenvalue weighted by molar-refractivity contribution is 5.77. The van der Waals surface area contributed by atoms with Crippen LogP contribution >= 0.6 is 0 Å². The highest BCUT2D eigenvalue weighted by Crippen LogP contribution is 2.42. The van der Waals surface area contributed by atoms with Gasteiger partial charge in [-0.15, -0.1) is 0 Å². The lowest BCUT2D eigenvalue weighted by atomic mass is 9.79. The van der Waals surface area contributed by atoms with Gasteiger partial charge >= 0.3 is 0 Å². The fraction of sp³-hybridized carbons (Fsp3) is 0.394. The molecule has 2 N–H and O–H groups in total. The average molecular weight is 656 g/mol. The Morgan fingerprint density at radius 3 is 2.50 bits per heavy atom. The van der Waals surface area contributed by atoms with Gasteiger partial charge < -0.3 is 48.0 Å². The highest BCUT2D eigenvalue weighted by Gasteiger charge is 2.40. The average Bonchev–Trinajstić information content (AvgIpc) is 3.39. The summed E-state index contributed by atoms with van der Waals surface area (Å²) in [5, 5.41) is 9.36. The van der Waals surface area contributed by atoms with Crippen LogP contribution in [0.2, 0.25) is 0 Å². The van der Waals surface area contributed by atoms with Gasteiger partial charge in [0.15, 0.2) is 11.5 Å². The molecule has 1 aliphatic carbocycles. The summed E-state index contributed by atoms with van der Waals surface area (Å²) >= 11 is 0. The normalized spacial score (nSPS) is 20.9. The Labute approximate surface area is 254 Å². The van der Waals surface area contributed by atoms with Gasteiger partial charge in [0, 0.05) is 36.2 Å². The molecule has 2 unspecified atom stereocenters. The maximum absolute atomic E-state index is 9.36. The Kier molecular flexibility index (Phi) is 8.47. The van der Waals surface area contributed by atoms with E-state index in [4.69, 9.17) is 18.9 Å². The molecule has 3 heterocycles. The van der Waals surface area contributed by atoms with Crippen molar-refractivity contribution in [3.63, 3.8) is 0 Å². The zero-order valence-corrected chi connectivity index (χ0v) is 25.8. The van der Waals surface area contributed by atoms with E-state index in [0.717, 1.165) is 42.2 Å². The molecule has 0 spiro atoms.